The van der Waals surface area contributed by atoms with Crippen molar-refractivity contribution in [3.05, 3.63) is 42.3 Å². The van der Waals surface area contributed by atoms with Gasteiger partial charge in [0.15, 0.2) is 0 Å². The van der Waals surface area contributed by atoms with Crippen LogP contribution in [0.2, 0.25) is 0 Å². The van der Waals surface area contributed by atoms with Crippen LogP contribution in [0.4, 0.5) is 15.9 Å². The highest BCUT2D eigenvalue weighted by Gasteiger charge is 2.47. The molecular weight excluding hydrogens is 433 g/mol. The lowest BCUT2D eigenvalue weighted by Gasteiger charge is -2.17. The Hall–Kier alpha value is -3.45. The van der Waals surface area contributed by atoms with E-state index in [9.17, 15) is 17.6 Å². The fraction of sp³-hybridized carbons (Fsp3) is 0.318. The number of fused-ring (bicyclic) bond motifs is 1. The van der Waals surface area contributed by atoms with Crippen molar-refractivity contribution in [3.8, 4) is 17.2 Å². The summed E-state index contributed by atoms with van der Waals surface area (Å²) < 4.78 is 42.0. The van der Waals surface area contributed by atoms with Gasteiger partial charge in [-0.3, -0.25) is 14.4 Å². The van der Waals surface area contributed by atoms with Crippen LogP contribution in [0, 0.1) is 22.6 Å². The predicted octanol–water partition coefficient (Wildman–Crippen LogP) is 3.54. The van der Waals surface area contributed by atoms with Crippen LogP contribution in [-0.2, 0) is 14.8 Å². The Balaban J connectivity index is 1.48. The molecule has 2 heterocycles. The van der Waals surface area contributed by atoms with E-state index in [0.29, 0.717) is 35.4 Å². The molecule has 2 aliphatic carbocycles. The molecule has 3 aromatic rings. The summed E-state index contributed by atoms with van der Waals surface area (Å²) in [4.78, 5) is 20.7. The average molecular weight is 453 g/mol. The molecule has 1 amide bonds. The molecule has 0 radical (unpaired) electrons. The number of nitriles is 1. The number of rotatable bonds is 8. The minimum Gasteiger partial charge on any atom is -0.346 e. The molecule has 0 aliphatic heterocycles. The number of benzene rings is 1. The first-order valence-electron chi connectivity index (χ1n) is 10.3. The van der Waals surface area contributed by atoms with Gasteiger partial charge in [0, 0.05) is 17.6 Å². The number of hydrogen-bond donors (Lipinski definition) is 2. The van der Waals surface area contributed by atoms with E-state index in [1.807, 2.05) is 12.1 Å². The summed E-state index contributed by atoms with van der Waals surface area (Å²) in [6, 6.07) is 9.95. The third-order valence-electron chi connectivity index (χ3n) is 5.94. The first-order chi connectivity index (χ1) is 15.3. The van der Waals surface area contributed by atoms with Crippen LogP contribution in [0.5, 0.6) is 0 Å². The second kappa shape index (κ2) is 7.31. The molecular formula is C22H20FN5O3S. The van der Waals surface area contributed by atoms with Crippen LogP contribution in [0.25, 0.3) is 22.2 Å². The summed E-state index contributed by atoms with van der Waals surface area (Å²) in [5.41, 5.74) is 0.738. The van der Waals surface area contributed by atoms with Gasteiger partial charge in [0.2, 0.25) is 16.4 Å². The van der Waals surface area contributed by atoms with Gasteiger partial charge in [-0.15, -0.1) is 0 Å². The van der Waals surface area contributed by atoms with E-state index in [-0.39, 0.29) is 17.5 Å². The molecule has 2 fully saturated rings. The number of pyridine rings is 1. The maximum Gasteiger partial charge on any atom is 0.234 e. The molecule has 2 aliphatic rings. The van der Waals surface area contributed by atoms with Crippen LogP contribution < -0.4 is 9.62 Å². The molecule has 0 spiro atoms. The Morgan fingerprint density at radius 2 is 2.09 bits per heavy atom. The zero-order valence-electron chi connectivity index (χ0n) is 17.0. The number of nitrogens with zero attached hydrogens (tertiary/aromatic N) is 3. The largest absolute Gasteiger partial charge is 0.346 e. The van der Waals surface area contributed by atoms with Crippen LogP contribution in [0.3, 0.4) is 0 Å². The molecule has 2 saturated carbocycles. The minimum absolute atomic E-state index is 0.122. The van der Waals surface area contributed by atoms with Crippen molar-refractivity contribution < 1.29 is 17.6 Å². The molecule has 1 aromatic carbocycles. The molecule has 10 heteroatoms. The molecule has 32 heavy (non-hydrogen) atoms. The fourth-order valence-corrected chi connectivity index (χ4v) is 5.50. The van der Waals surface area contributed by atoms with E-state index in [1.165, 1.54) is 12.1 Å². The van der Waals surface area contributed by atoms with Crippen LogP contribution in [0.1, 0.15) is 25.7 Å². The lowest BCUT2D eigenvalue weighted by molar-refractivity contribution is -0.107. The molecule has 0 unspecified atom stereocenters. The van der Waals surface area contributed by atoms with Crippen molar-refractivity contribution in [3.63, 3.8) is 0 Å². The molecule has 2 aromatic heterocycles. The van der Waals surface area contributed by atoms with Crippen molar-refractivity contribution in [2.75, 3.05) is 15.4 Å². The number of halogens is 1. The van der Waals surface area contributed by atoms with E-state index in [1.54, 1.807) is 23.2 Å². The smallest absolute Gasteiger partial charge is 0.234 e. The molecule has 2 N–H and O–H groups in total. The number of carbonyl (C=O) groups excluding carboxylic acids is 1. The van der Waals surface area contributed by atoms with Crippen molar-refractivity contribution in [1.82, 2.24) is 9.97 Å². The highest BCUT2D eigenvalue weighted by molar-refractivity contribution is 7.92. The summed E-state index contributed by atoms with van der Waals surface area (Å²) in [5, 5.41) is 9.90. The Bertz CT molecular complexity index is 1370. The van der Waals surface area contributed by atoms with Crippen molar-refractivity contribution in [2.45, 2.75) is 31.7 Å². The minimum atomic E-state index is -3.86. The van der Waals surface area contributed by atoms with Gasteiger partial charge in [0.05, 0.1) is 22.9 Å². The monoisotopic (exact) mass is 453 g/mol. The van der Waals surface area contributed by atoms with Crippen LogP contribution in [0.15, 0.2) is 36.5 Å². The Labute approximate surface area is 184 Å². The van der Waals surface area contributed by atoms with Crippen LogP contribution in [-0.4, -0.2) is 36.6 Å². The summed E-state index contributed by atoms with van der Waals surface area (Å²) in [6.45, 7) is 0. The molecule has 8 nitrogen and oxygen atoms in total. The van der Waals surface area contributed by atoms with Crippen LogP contribution >= 0.6 is 0 Å². The molecule has 0 atom stereocenters. The first kappa shape index (κ1) is 20.5. The summed E-state index contributed by atoms with van der Waals surface area (Å²) in [7, 11) is -3.86. The van der Waals surface area contributed by atoms with Gasteiger partial charge in [-0.1, -0.05) is 6.07 Å². The fourth-order valence-electron chi connectivity index (χ4n) is 3.85. The maximum atomic E-state index is 14.9. The maximum absolute atomic E-state index is 14.9. The number of aromatic amines is 1. The SMILES string of the molecule is N#CC1(CS(=O)(=O)Nc2ccc(-c3cc(N(C=O)C4CC4)nc4[nH]ccc34)cc2F)CC1. The van der Waals surface area contributed by atoms with Gasteiger partial charge in [-0.05, 0) is 61.1 Å². The van der Waals surface area contributed by atoms with Gasteiger partial charge in [-0.2, -0.15) is 5.26 Å². The number of carbonyl (C=O) groups is 1. The van der Waals surface area contributed by atoms with E-state index < -0.39 is 21.3 Å². The zero-order valence-corrected chi connectivity index (χ0v) is 17.8. The summed E-state index contributed by atoms with van der Waals surface area (Å²) in [5.74, 6) is -0.605. The number of anilines is 2. The van der Waals surface area contributed by atoms with Gasteiger partial charge in [0.1, 0.15) is 17.3 Å². The first-order valence-corrected chi connectivity index (χ1v) is 11.9. The number of amides is 1. The van der Waals surface area contributed by atoms with Gasteiger partial charge in [-0.25, -0.2) is 17.8 Å². The van der Waals surface area contributed by atoms with Crippen molar-refractivity contribution >= 4 is 39.0 Å². The Morgan fingerprint density at radius 1 is 1.31 bits per heavy atom. The van der Waals surface area contributed by atoms with E-state index >= 15 is 0 Å². The number of H-pyrrole nitrogens is 1. The molecule has 0 bridgehead atoms. The van der Waals surface area contributed by atoms with Gasteiger partial charge < -0.3 is 4.98 Å². The van der Waals surface area contributed by atoms with Crippen molar-refractivity contribution in [1.29, 1.82) is 5.26 Å². The van der Waals surface area contributed by atoms with Gasteiger partial charge in [0.25, 0.3) is 0 Å². The lowest BCUT2D eigenvalue weighted by atomic mass is 10.0. The number of aromatic nitrogens is 2. The third-order valence-corrected chi connectivity index (χ3v) is 7.40. The molecule has 5 rings (SSSR count). The summed E-state index contributed by atoms with van der Waals surface area (Å²) in [6.07, 6.45) is 5.35. The normalized spacial score (nSPS) is 17.0. The average Bonchev–Trinajstić information content (AvgIpc) is 3.68. The predicted molar refractivity (Wildman–Crippen MR) is 118 cm³/mol. The second-order valence-electron chi connectivity index (χ2n) is 8.46. The number of hydrogen-bond acceptors (Lipinski definition) is 5. The van der Waals surface area contributed by atoms with E-state index in [4.69, 9.17) is 5.26 Å². The number of nitrogens with one attached hydrogen (secondary N) is 2. The summed E-state index contributed by atoms with van der Waals surface area (Å²) >= 11 is 0. The highest BCUT2D eigenvalue weighted by Crippen LogP contribution is 2.46. The molecule has 0 saturated heterocycles. The Kier molecular flexibility index (Phi) is 4.67. The topological polar surface area (TPSA) is 119 Å². The molecule has 164 valence electrons. The Morgan fingerprint density at radius 3 is 2.72 bits per heavy atom. The zero-order chi connectivity index (χ0) is 22.5. The third kappa shape index (κ3) is 3.80. The standard InChI is InChI=1S/C22H20FN5O3S/c23-18-9-14(1-4-19(18)27-32(30,31)12-22(11-24)6-7-22)17-10-20(28(13-29)15-2-3-15)26-21-16(17)5-8-25-21/h1,4-5,8-10,13,15,27H,2-3,6-7,12H2,(H,25,26). The quantitative estimate of drug-likeness (QED) is 0.506. The number of sulfonamides is 1. The van der Waals surface area contributed by atoms with Crippen molar-refractivity contribution in [2.24, 2.45) is 5.41 Å². The van der Waals surface area contributed by atoms with E-state index in [2.05, 4.69) is 14.7 Å². The van der Waals surface area contributed by atoms with E-state index in [0.717, 1.165) is 24.6 Å². The lowest BCUT2D eigenvalue weighted by Crippen LogP contribution is -2.24. The highest BCUT2D eigenvalue weighted by atomic mass is 32.2. The second-order valence-corrected chi connectivity index (χ2v) is 10.2. The van der Waals surface area contributed by atoms with Gasteiger partial charge >= 0.3 is 0 Å².